The predicted octanol–water partition coefficient (Wildman–Crippen LogP) is 1.82. The average molecular weight is 248 g/mol. The molecule has 2 unspecified atom stereocenters. The zero-order chi connectivity index (χ0) is 13.0. The Labute approximate surface area is 108 Å². The molecule has 0 aliphatic carbocycles. The Balaban J connectivity index is 2.05. The second-order valence-electron chi connectivity index (χ2n) is 4.75. The Bertz CT molecular complexity index is 366. The molecule has 0 aromatic carbocycles. The summed E-state index contributed by atoms with van der Waals surface area (Å²) in [6.45, 7) is 2.07. The molecular formula is C15H20O3. The minimum atomic E-state index is -0.535. The van der Waals surface area contributed by atoms with E-state index in [1.807, 2.05) is 12.2 Å². The van der Waals surface area contributed by atoms with Gasteiger partial charge in [0, 0.05) is 6.42 Å². The molecule has 1 N–H and O–H groups in total. The van der Waals surface area contributed by atoms with E-state index in [1.165, 1.54) is 0 Å². The highest BCUT2D eigenvalue weighted by Crippen LogP contribution is 2.31. The van der Waals surface area contributed by atoms with Crippen molar-refractivity contribution in [3.05, 3.63) is 24.3 Å². The van der Waals surface area contributed by atoms with Crippen LogP contribution in [0.5, 0.6) is 0 Å². The van der Waals surface area contributed by atoms with E-state index in [1.54, 1.807) is 12.2 Å². The van der Waals surface area contributed by atoms with E-state index >= 15 is 0 Å². The Hall–Kier alpha value is -1.08. The van der Waals surface area contributed by atoms with Crippen molar-refractivity contribution in [2.75, 3.05) is 0 Å². The van der Waals surface area contributed by atoms with Crippen LogP contribution in [0.2, 0.25) is 0 Å². The van der Waals surface area contributed by atoms with Gasteiger partial charge in [0.05, 0.1) is 30.5 Å². The fraction of sp³-hybridized carbons (Fsp3) is 0.600. The largest absolute Gasteiger partial charge is 0.386 e. The smallest absolute Gasteiger partial charge is 0.0984 e. The van der Waals surface area contributed by atoms with Crippen LogP contribution < -0.4 is 0 Å². The summed E-state index contributed by atoms with van der Waals surface area (Å²) >= 11 is 0. The summed E-state index contributed by atoms with van der Waals surface area (Å²) < 4.78 is 11.9. The second kappa shape index (κ2) is 6.19. The monoisotopic (exact) mass is 248 g/mol. The van der Waals surface area contributed by atoms with Gasteiger partial charge < -0.3 is 14.6 Å². The van der Waals surface area contributed by atoms with Crippen molar-refractivity contribution in [1.82, 2.24) is 0 Å². The van der Waals surface area contributed by atoms with Crippen LogP contribution in [-0.2, 0) is 9.47 Å². The Morgan fingerprint density at radius 2 is 2.22 bits per heavy atom. The number of hydrogen-bond acceptors (Lipinski definition) is 3. The molecule has 98 valence electrons. The first-order valence-corrected chi connectivity index (χ1v) is 6.53. The van der Waals surface area contributed by atoms with Crippen LogP contribution in [0.25, 0.3) is 0 Å². The summed E-state index contributed by atoms with van der Waals surface area (Å²) in [6.07, 6.45) is 14.3. The molecule has 2 bridgehead atoms. The number of hydrogen-bond donors (Lipinski definition) is 1. The highest BCUT2D eigenvalue weighted by molar-refractivity contribution is 5.10. The van der Waals surface area contributed by atoms with Gasteiger partial charge in [-0.25, -0.2) is 0 Å². The number of allylic oxidation sites excluding steroid dienone is 1. The predicted molar refractivity (Wildman–Crippen MR) is 70.0 cm³/mol. The van der Waals surface area contributed by atoms with Crippen LogP contribution in [0.4, 0.5) is 0 Å². The molecule has 0 saturated carbocycles. The number of aliphatic hydroxyl groups is 1. The summed E-state index contributed by atoms with van der Waals surface area (Å²) in [6, 6.07) is 0. The number of rotatable bonds is 3. The molecule has 5 atom stereocenters. The maximum Gasteiger partial charge on any atom is 0.0984 e. The molecular weight excluding hydrogens is 228 g/mol. The van der Waals surface area contributed by atoms with Crippen molar-refractivity contribution in [2.45, 2.75) is 56.7 Å². The zero-order valence-corrected chi connectivity index (χ0v) is 10.7. The molecule has 2 aliphatic heterocycles. The molecule has 3 nitrogen and oxygen atoms in total. The molecule has 1 fully saturated rings. The van der Waals surface area contributed by atoms with Crippen LogP contribution in [0.3, 0.4) is 0 Å². The van der Waals surface area contributed by atoms with E-state index in [4.69, 9.17) is 15.9 Å². The van der Waals surface area contributed by atoms with Gasteiger partial charge in [-0.05, 0) is 18.9 Å². The lowest BCUT2D eigenvalue weighted by Gasteiger charge is -2.23. The molecule has 2 heterocycles. The van der Waals surface area contributed by atoms with Crippen molar-refractivity contribution in [2.24, 2.45) is 0 Å². The van der Waals surface area contributed by atoms with Crippen LogP contribution in [0, 0.1) is 12.3 Å². The van der Waals surface area contributed by atoms with Crippen molar-refractivity contribution in [3.8, 4) is 12.3 Å². The number of ether oxygens (including phenoxy) is 2. The van der Waals surface area contributed by atoms with Crippen LogP contribution in [-0.4, -0.2) is 35.6 Å². The second-order valence-corrected chi connectivity index (χ2v) is 4.75. The Morgan fingerprint density at radius 3 is 2.94 bits per heavy atom. The minimum Gasteiger partial charge on any atom is -0.386 e. The van der Waals surface area contributed by atoms with E-state index in [0.717, 1.165) is 19.3 Å². The fourth-order valence-electron chi connectivity index (χ4n) is 2.45. The first kappa shape index (κ1) is 13.4. The molecule has 18 heavy (non-hydrogen) atoms. The lowest BCUT2D eigenvalue weighted by atomic mass is 10.0. The standard InChI is InChI=1S/C15H20O3/c1-3-5-6-7-13-15-10-14(18-13)12(16)9-8-11(4-2)17-15/h1,5-6,8-9,11-16H,4,7,10H2,2H3/b6-5?,9-8-/t11-,12?,13?,14-,15-/m1/s1. The normalized spacial score (nSPS) is 41.3. The molecule has 3 heteroatoms. The van der Waals surface area contributed by atoms with E-state index < -0.39 is 6.10 Å². The van der Waals surface area contributed by atoms with E-state index in [-0.39, 0.29) is 24.4 Å². The number of fused-ring (bicyclic) bond motifs is 2. The van der Waals surface area contributed by atoms with Gasteiger partial charge in [-0.3, -0.25) is 0 Å². The summed E-state index contributed by atoms with van der Waals surface area (Å²) in [4.78, 5) is 0. The molecule has 0 aromatic heterocycles. The summed E-state index contributed by atoms with van der Waals surface area (Å²) in [5.41, 5.74) is 0. The molecule has 1 saturated heterocycles. The Kier molecular flexibility index (Phi) is 4.60. The molecule has 0 spiro atoms. The summed E-state index contributed by atoms with van der Waals surface area (Å²) in [7, 11) is 0. The third kappa shape index (κ3) is 3.02. The lowest BCUT2D eigenvalue weighted by molar-refractivity contribution is -0.0489. The first-order chi connectivity index (χ1) is 8.74. The maximum absolute atomic E-state index is 9.99. The van der Waals surface area contributed by atoms with E-state index in [9.17, 15) is 5.11 Å². The molecule has 0 aromatic rings. The lowest BCUT2D eigenvalue weighted by Crippen LogP contribution is -2.29. The van der Waals surface area contributed by atoms with E-state index in [0.29, 0.717) is 0 Å². The quantitative estimate of drug-likeness (QED) is 0.611. The van der Waals surface area contributed by atoms with Gasteiger partial charge in [-0.1, -0.05) is 31.1 Å². The van der Waals surface area contributed by atoms with Gasteiger partial charge in [0.15, 0.2) is 0 Å². The maximum atomic E-state index is 9.99. The fourth-order valence-corrected chi connectivity index (χ4v) is 2.45. The summed E-state index contributed by atoms with van der Waals surface area (Å²) in [5, 5.41) is 9.99. The van der Waals surface area contributed by atoms with Crippen molar-refractivity contribution < 1.29 is 14.6 Å². The van der Waals surface area contributed by atoms with Gasteiger partial charge in [0.2, 0.25) is 0 Å². The SMILES string of the molecule is C#CC=CCC1O[C@@H]2C[C@H]1O[C@H](CC)/C=C\C2O. The highest BCUT2D eigenvalue weighted by atomic mass is 16.6. The Morgan fingerprint density at radius 1 is 1.39 bits per heavy atom. The van der Waals surface area contributed by atoms with Crippen LogP contribution in [0.1, 0.15) is 26.2 Å². The first-order valence-electron chi connectivity index (χ1n) is 6.53. The van der Waals surface area contributed by atoms with Gasteiger partial charge in [-0.2, -0.15) is 0 Å². The highest BCUT2D eigenvalue weighted by Gasteiger charge is 2.40. The van der Waals surface area contributed by atoms with Crippen molar-refractivity contribution >= 4 is 0 Å². The molecule has 2 rings (SSSR count). The molecule has 2 aliphatic rings. The van der Waals surface area contributed by atoms with Gasteiger partial charge in [-0.15, -0.1) is 6.42 Å². The minimum absolute atomic E-state index is 0.0109. The van der Waals surface area contributed by atoms with Crippen molar-refractivity contribution in [3.63, 3.8) is 0 Å². The van der Waals surface area contributed by atoms with Crippen molar-refractivity contribution in [1.29, 1.82) is 0 Å². The van der Waals surface area contributed by atoms with Gasteiger partial charge >= 0.3 is 0 Å². The summed E-state index contributed by atoms with van der Waals surface area (Å²) in [5.74, 6) is 2.47. The number of aliphatic hydroxyl groups excluding tert-OH is 1. The number of terminal acetylenes is 1. The molecule has 0 amide bonds. The topological polar surface area (TPSA) is 38.7 Å². The van der Waals surface area contributed by atoms with Gasteiger partial charge in [0.1, 0.15) is 0 Å². The third-order valence-corrected chi connectivity index (χ3v) is 3.47. The average Bonchev–Trinajstić information content (AvgIpc) is 2.77. The third-order valence-electron chi connectivity index (χ3n) is 3.47. The van der Waals surface area contributed by atoms with Crippen LogP contribution >= 0.6 is 0 Å². The van der Waals surface area contributed by atoms with Crippen LogP contribution in [0.15, 0.2) is 24.3 Å². The zero-order valence-electron chi connectivity index (χ0n) is 10.7. The molecule has 0 radical (unpaired) electrons. The van der Waals surface area contributed by atoms with E-state index in [2.05, 4.69) is 12.8 Å². The van der Waals surface area contributed by atoms with Gasteiger partial charge in [0.25, 0.3) is 0 Å².